The van der Waals surface area contributed by atoms with Crippen molar-refractivity contribution < 1.29 is 0 Å². The number of hydrogen-bond acceptors (Lipinski definition) is 4. The van der Waals surface area contributed by atoms with E-state index in [0.717, 1.165) is 17.9 Å². The van der Waals surface area contributed by atoms with Gasteiger partial charge in [-0.1, -0.05) is 42.4 Å². The summed E-state index contributed by atoms with van der Waals surface area (Å²) >= 11 is 1.90. The van der Waals surface area contributed by atoms with Crippen molar-refractivity contribution in [3.05, 3.63) is 82.9 Å². The van der Waals surface area contributed by atoms with Crippen LogP contribution in [-0.2, 0) is 0 Å². The van der Waals surface area contributed by atoms with E-state index < -0.39 is 0 Å². The fourth-order valence-corrected chi connectivity index (χ4v) is 6.20. The first-order valence-corrected chi connectivity index (χ1v) is 11.7. The van der Waals surface area contributed by atoms with Crippen LogP contribution in [0.4, 0.5) is 0 Å². The maximum Gasteiger partial charge on any atom is 0.160 e. The highest BCUT2D eigenvalue weighted by atomic mass is 32.2. The summed E-state index contributed by atoms with van der Waals surface area (Å²) < 4.78 is 2.38. The summed E-state index contributed by atoms with van der Waals surface area (Å²) in [5.74, 6) is 1.12. The zero-order valence-corrected chi connectivity index (χ0v) is 18.9. The van der Waals surface area contributed by atoms with Gasteiger partial charge in [0.15, 0.2) is 5.17 Å². The Bertz CT molecular complexity index is 1080. The maximum absolute atomic E-state index is 5.17. The summed E-state index contributed by atoms with van der Waals surface area (Å²) in [5, 5.41) is 1.18. The molecule has 2 aliphatic rings. The molecule has 0 saturated carbocycles. The van der Waals surface area contributed by atoms with Crippen LogP contribution >= 0.6 is 11.8 Å². The molecule has 1 fully saturated rings. The number of fused-ring (bicyclic) bond motifs is 1. The molecule has 2 aliphatic heterocycles. The Morgan fingerprint density at radius 1 is 1.07 bits per heavy atom. The molecule has 3 aromatic rings. The van der Waals surface area contributed by atoms with Crippen molar-refractivity contribution in [2.75, 3.05) is 5.75 Å². The molecule has 0 spiro atoms. The first-order chi connectivity index (χ1) is 14.6. The van der Waals surface area contributed by atoms with Crippen LogP contribution < -0.4 is 0 Å². The average Bonchev–Trinajstić information content (AvgIpc) is 3.41. The molecule has 1 aromatic carbocycles. The minimum absolute atomic E-state index is 0.0371. The molecule has 2 aromatic heterocycles. The van der Waals surface area contributed by atoms with E-state index in [9.17, 15) is 0 Å². The highest BCUT2D eigenvalue weighted by molar-refractivity contribution is 8.14. The Hall–Kier alpha value is -2.53. The third-order valence-electron chi connectivity index (χ3n) is 6.41. The summed E-state index contributed by atoms with van der Waals surface area (Å²) in [4.78, 5) is 12.4. The van der Waals surface area contributed by atoms with Crippen LogP contribution in [-0.4, -0.2) is 31.4 Å². The first-order valence-electron chi connectivity index (χ1n) is 10.7. The van der Waals surface area contributed by atoms with Gasteiger partial charge in [-0.05, 0) is 63.1 Å². The van der Waals surface area contributed by atoms with E-state index in [1.54, 1.807) is 0 Å². The average molecular weight is 417 g/mol. The number of aliphatic imine (C=N–C) groups is 1. The molecule has 4 nitrogen and oxygen atoms in total. The van der Waals surface area contributed by atoms with Crippen molar-refractivity contribution in [2.45, 2.75) is 52.2 Å². The molecule has 0 bridgehead atoms. The third-order valence-corrected chi connectivity index (χ3v) is 7.54. The molecule has 0 aliphatic carbocycles. The molecular formula is C25H28N4S. The Morgan fingerprint density at radius 3 is 2.57 bits per heavy atom. The van der Waals surface area contributed by atoms with Crippen molar-refractivity contribution >= 4 is 16.9 Å². The van der Waals surface area contributed by atoms with Gasteiger partial charge in [0.05, 0.1) is 11.7 Å². The normalized spacial score (nSPS) is 23.0. The number of aromatic nitrogens is 2. The second-order valence-corrected chi connectivity index (χ2v) is 9.32. The second-order valence-electron chi connectivity index (χ2n) is 8.33. The molecule has 3 atom stereocenters. The molecular weight excluding hydrogens is 388 g/mol. The van der Waals surface area contributed by atoms with E-state index in [1.165, 1.54) is 33.4 Å². The van der Waals surface area contributed by atoms with Gasteiger partial charge in [-0.3, -0.25) is 9.98 Å². The third kappa shape index (κ3) is 3.07. The number of benzene rings is 1. The van der Waals surface area contributed by atoms with Crippen molar-refractivity contribution in [1.29, 1.82) is 0 Å². The first kappa shape index (κ1) is 19.4. The predicted molar refractivity (Wildman–Crippen MR) is 126 cm³/mol. The predicted octanol–water partition coefficient (Wildman–Crippen LogP) is 5.78. The highest BCUT2D eigenvalue weighted by Gasteiger charge is 2.46. The number of hydrogen-bond donors (Lipinski definition) is 0. The van der Waals surface area contributed by atoms with E-state index in [0.29, 0.717) is 6.04 Å². The summed E-state index contributed by atoms with van der Waals surface area (Å²) in [7, 11) is 0. The van der Waals surface area contributed by atoms with Gasteiger partial charge in [0.2, 0.25) is 0 Å². The molecule has 154 valence electrons. The van der Waals surface area contributed by atoms with Gasteiger partial charge in [-0.15, -0.1) is 0 Å². The van der Waals surface area contributed by atoms with Crippen LogP contribution in [0.3, 0.4) is 0 Å². The number of aryl methyl sites for hydroxylation is 2. The van der Waals surface area contributed by atoms with Crippen molar-refractivity contribution in [3.8, 4) is 5.69 Å². The maximum atomic E-state index is 5.17. The molecule has 0 unspecified atom stereocenters. The van der Waals surface area contributed by atoms with Crippen LogP contribution in [0.15, 0.2) is 59.7 Å². The molecule has 0 radical (unpaired) electrons. The lowest BCUT2D eigenvalue weighted by Gasteiger charge is -2.32. The van der Waals surface area contributed by atoms with Crippen molar-refractivity contribution in [1.82, 2.24) is 14.5 Å². The van der Waals surface area contributed by atoms with E-state index in [2.05, 4.69) is 79.6 Å². The Morgan fingerprint density at radius 2 is 1.87 bits per heavy atom. The number of thioether (sulfide) groups is 1. The van der Waals surface area contributed by atoms with Crippen LogP contribution in [0.1, 0.15) is 53.6 Å². The van der Waals surface area contributed by atoms with Crippen LogP contribution in [0.5, 0.6) is 0 Å². The summed E-state index contributed by atoms with van der Waals surface area (Å²) in [5.41, 5.74) is 7.48. The number of rotatable bonds is 4. The molecule has 0 amide bonds. The Balaban J connectivity index is 1.63. The van der Waals surface area contributed by atoms with E-state index in [4.69, 9.17) is 9.98 Å². The standard InChI is InChI=1S/C25H28N4S/c1-5-19-15-30-25-27-23(22-8-6-7-13-26-22)24(29(19)25)21-14-17(3)28(18(21)4)20-11-9-16(2)10-12-20/h6-14,19,23-24H,5,15H2,1-4H3/t19-,23+,24-/m1/s1. The molecule has 5 heteroatoms. The van der Waals surface area contributed by atoms with Crippen molar-refractivity contribution in [2.24, 2.45) is 4.99 Å². The molecule has 1 saturated heterocycles. The van der Waals surface area contributed by atoms with Gasteiger partial charge in [-0.25, -0.2) is 0 Å². The monoisotopic (exact) mass is 416 g/mol. The highest BCUT2D eigenvalue weighted by Crippen LogP contribution is 2.49. The van der Waals surface area contributed by atoms with Crippen LogP contribution in [0.25, 0.3) is 5.69 Å². The quantitative estimate of drug-likeness (QED) is 0.541. The lowest BCUT2D eigenvalue weighted by atomic mass is 9.95. The zero-order valence-electron chi connectivity index (χ0n) is 18.0. The van der Waals surface area contributed by atoms with Gasteiger partial charge in [-0.2, -0.15) is 0 Å². The van der Waals surface area contributed by atoms with Crippen molar-refractivity contribution in [3.63, 3.8) is 0 Å². The number of amidine groups is 1. The SMILES string of the molecule is CC[C@@H]1CSC2=N[C@@H](c3ccccn3)[C@@H](c3cc(C)n(-c4ccc(C)cc4)c3C)N21. The lowest BCUT2D eigenvalue weighted by Crippen LogP contribution is -2.35. The van der Waals surface area contributed by atoms with Gasteiger partial charge in [0.1, 0.15) is 6.04 Å². The van der Waals surface area contributed by atoms with Gasteiger partial charge < -0.3 is 9.47 Å². The smallest absolute Gasteiger partial charge is 0.160 e. The van der Waals surface area contributed by atoms with E-state index >= 15 is 0 Å². The lowest BCUT2D eigenvalue weighted by molar-refractivity contribution is 0.254. The van der Waals surface area contributed by atoms with Crippen LogP contribution in [0.2, 0.25) is 0 Å². The minimum Gasteiger partial charge on any atom is -0.338 e. The van der Waals surface area contributed by atoms with Gasteiger partial charge in [0.25, 0.3) is 0 Å². The summed E-state index contributed by atoms with van der Waals surface area (Å²) in [6.07, 6.45) is 3.02. The summed E-state index contributed by atoms with van der Waals surface area (Å²) in [6.45, 7) is 8.88. The Labute approximate surface area is 183 Å². The van der Waals surface area contributed by atoms with E-state index in [1.807, 2.05) is 24.0 Å². The molecule has 4 heterocycles. The number of pyridine rings is 1. The fourth-order valence-electron chi connectivity index (χ4n) is 4.86. The molecule has 30 heavy (non-hydrogen) atoms. The topological polar surface area (TPSA) is 33.4 Å². The van der Waals surface area contributed by atoms with Gasteiger partial charge in [0, 0.05) is 35.1 Å². The zero-order chi connectivity index (χ0) is 20.8. The molecule has 5 rings (SSSR count). The fraction of sp³-hybridized carbons (Fsp3) is 0.360. The Kier molecular flexibility index (Phi) is 4.94. The summed E-state index contributed by atoms with van der Waals surface area (Å²) in [6, 6.07) is 18.1. The minimum atomic E-state index is 0.0371. The van der Waals surface area contributed by atoms with Gasteiger partial charge >= 0.3 is 0 Å². The largest absolute Gasteiger partial charge is 0.338 e. The second kappa shape index (κ2) is 7.62. The van der Waals surface area contributed by atoms with E-state index in [-0.39, 0.29) is 12.1 Å². The van der Waals surface area contributed by atoms with Crippen LogP contribution in [0, 0.1) is 20.8 Å². The number of nitrogens with zero attached hydrogens (tertiary/aromatic N) is 4. The molecule has 0 N–H and O–H groups in total.